The molecule has 3 heterocycles. The van der Waals surface area contributed by atoms with E-state index in [0.29, 0.717) is 6.61 Å². The Labute approximate surface area is 187 Å². The molecule has 2 bridgehead atoms. The van der Waals surface area contributed by atoms with Crippen molar-refractivity contribution < 1.29 is 9.53 Å². The highest BCUT2D eigenvalue weighted by Gasteiger charge is 2.68. The van der Waals surface area contributed by atoms with Crippen LogP contribution in [-0.2, 0) is 0 Å². The van der Waals surface area contributed by atoms with Gasteiger partial charge in [0.15, 0.2) is 11.2 Å². The van der Waals surface area contributed by atoms with E-state index in [4.69, 9.17) is 4.74 Å². The number of hydrogen-bond acceptors (Lipinski definition) is 5. The molecule has 164 valence electrons. The lowest BCUT2D eigenvalue weighted by molar-refractivity contribution is -0.181. The Morgan fingerprint density at radius 1 is 1.25 bits per heavy atom. The lowest BCUT2D eigenvalue weighted by Gasteiger charge is -2.66. The number of carbonyl (C=O) groups excluding carboxylic acids is 1. The molecule has 0 radical (unpaired) electrons. The van der Waals surface area contributed by atoms with E-state index < -0.39 is 0 Å². The Balaban J connectivity index is 1.38. The van der Waals surface area contributed by atoms with Gasteiger partial charge in [0.25, 0.3) is 0 Å². The quantitative estimate of drug-likeness (QED) is 0.675. The smallest absolute Gasteiger partial charge is 0.193 e. The minimum Gasteiger partial charge on any atom is -0.493 e. The second-order valence-corrected chi connectivity index (χ2v) is 11.0. The molecule has 3 saturated carbocycles. The summed E-state index contributed by atoms with van der Waals surface area (Å²) in [6, 6.07) is 10.4. The van der Waals surface area contributed by atoms with Gasteiger partial charge in [0.2, 0.25) is 0 Å². The number of fused-ring (bicyclic) bond motifs is 6. The minimum atomic E-state index is -0.236. The molecular formula is C26H27N3O3. The van der Waals surface area contributed by atoms with Crippen molar-refractivity contribution in [3.63, 3.8) is 0 Å². The first kappa shape index (κ1) is 19.6. The number of hydrogen-bond donors (Lipinski definition) is 0. The van der Waals surface area contributed by atoms with Gasteiger partial charge in [0.1, 0.15) is 5.75 Å². The molecule has 6 heteroatoms. The Hall–Kier alpha value is -3.07. The van der Waals surface area contributed by atoms with Crippen molar-refractivity contribution >= 4 is 5.78 Å². The van der Waals surface area contributed by atoms with Crippen molar-refractivity contribution in [1.82, 2.24) is 4.68 Å². The number of Topliss-reactive ketones (excluding diaryl/α,β-unsaturated/α-hetero) is 1. The molecule has 0 spiro atoms. The summed E-state index contributed by atoms with van der Waals surface area (Å²) in [4.78, 5) is 24.7. The molecule has 0 unspecified atom stereocenters. The molecule has 7 rings (SSSR count). The van der Waals surface area contributed by atoms with Gasteiger partial charge >= 0.3 is 0 Å². The molecule has 6 nitrogen and oxygen atoms in total. The maximum atomic E-state index is 12.7. The van der Waals surface area contributed by atoms with Crippen molar-refractivity contribution in [3.05, 3.63) is 51.8 Å². The van der Waals surface area contributed by atoms with Crippen LogP contribution in [0.15, 0.2) is 35.3 Å². The fraction of sp³-hybridized carbons (Fsp3) is 0.500. The highest BCUT2D eigenvalue weighted by Crippen LogP contribution is 2.72. The number of nitrogens with zero attached hydrogens (tertiary/aromatic N) is 3. The Morgan fingerprint density at radius 3 is 2.69 bits per heavy atom. The van der Waals surface area contributed by atoms with Gasteiger partial charge in [-0.3, -0.25) is 19.3 Å². The van der Waals surface area contributed by atoms with Crippen LogP contribution in [0.3, 0.4) is 0 Å². The second kappa shape index (κ2) is 6.04. The van der Waals surface area contributed by atoms with Gasteiger partial charge in [0.05, 0.1) is 40.9 Å². The van der Waals surface area contributed by atoms with Crippen molar-refractivity contribution in [2.45, 2.75) is 64.5 Å². The molecule has 1 aromatic heterocycles. The van der Waals surface area contributed by atoms with E-state index in [1.807, 2.05) is 16.8 Å². The first-order valence-corrected chi connectivity index (χ1v) is 11.4. The average Bonchev–Trinajstić information content (AvgIpc) is 3.01. The number of benzene rings is 1. The van der Waals surface area contributed by atoms with Gasteiger partial charge in [-0.2, -0.15) is 5.26 Å². The van der Waals surface area contributed by atoms with E-state index in [0.717, 1.165) is 49.1 Å². The van der Waals surface area contributed by atoms with E-state index >= 15 is 0 Å². The van der Waals surface area contributed by atoms with E-state index in [2.05, 4.69) is 31.0 Å². The fourth-order valence-corrected chi connectivity index (χ4v) is 6.69. The first-order valence-electron chi connectivity index (χ1n) is 11.4. The van der Waals surface area contributed by atoms with Crippen LogP contribution in [-0.4, -0.2) is 22.6 Å². The fourth-order valence-electron chi connectivity index (χ4n) is 6.69. The average molecular weight is 430 g/mol. The maximum Gasteiger partial charge on any atom is 0.193 e. The monoisotopic (exact) mass is 429 g/mol. The van der Waals surface area contributed by atoms with Crippen molar-refractivity contribution in [2.75, 3.05) is 11.6 Å². The van der Waals surface area contributed by atoms with Gasteiger partial charge < -0.3 is 4.74 Å². The highest BCUT2D eigenvalue weighted by molar-refractivity contribution is 5.94. The summed E-state index contributed by atoms with van der Waals surface area (Å²) in [5.74, 6) is 0.639. The molecule has 4 fully saturated rings. The Morgan fingerprint density at radius 2 is 2.00 bits per heavy atom. The summed E-state index contributed by atoms with van der Waals surface area (Å²) in [5, 5.41) is 11.6. The van der Waals surface area contributed by atoms with Crippen LogP contribution < -0.4 is 15.2 Å². The summed E-state index contributed by atoms with van der Waals surface area (Å²) in [6.45, 7) is 6.52. The zero-order chi connectivity index (χ0) is 22.5. The summed E-state index contributed by atoms with van der Waals surface area (Å²) in [5.41, 5.74) is 3.04. The molecule has 3 aliphatic carbocycles. The molecular weight excluding hydrogens is 402 g/mol. The van der Waals surface area contributed by atoms with Gasteiger partial charge in [-0.15, -0.1) is 0 Å². The van der Waals surface area contributed by atoms with Gasteiger partial charge in [-0.25, -0.2) is 0 Å². The highest BCUT2D eigenvalue weighted by atomic mass is 16.5. The standard InChI is InChI=1S/C26H27N3O3/c1-16(30)20-10-28-22(9-23(20)31)18-5-4-17(32-15-26-11-25(12-26,13-26)14-27)8-19(18)21-6-7-24(2,3)29(21)28/h4-5,8-10,21H,6-7,11-13,15H2,1-3H3/t21-,25?,26?/m1/s1. The zero-order valence-corrected chi connectivity index (χ0v) is 18.8. The van der Waals surface area contributed by atoms with Gasteiger partial charge in [-0.1, -0.05) is 0 Å². The number of nitriles is 1. The van der Waals surface area contributed by atoms with Crippen LogP contribution >= 0.6 is 0 Å². The lowest BCUT2D eigenvalue weighted by Crippen LogP contribution is -2.63. The van der Waals surface area contributed by atoms with Crippen LogP contribution in [0.1, 0.15) is 74.8 Å². The molecule has 1 atom stereocenters. The van der Waals surface area contributed by atoms with Gasteiger partial charge in [0, 0.05) is 23.2 Å². The third-order valence-corrected chi connectivity index (χ3v) is 8.17. The topological polar surface area (TPSA) is 75.3 Å². The van der Waals surface area contributed by atoms with Crippen molar-refractivity contribution in [1.29, 1.82) is 5.26 Å². The van der Waals surface area contributed by atoms with E-state index in [-0.39, 0.29) is 39.2 Å². The van der Waals surface area contributed by atoms with Gasteiger partial charge in [-0.05, 0) is 76.6 Å². The first-order chi connectivity index (χ1) is 15.2. The number of pyridine rings is 1. The second-order valence-electron chi connectivity index (χ2n) is 11.0. The van der Waals surface area contributed by atoms with Crippen LogP contribution in [0.5, 0.6) is 5.75 Å². The Kier molecular flexibility index (Phi) is 3.70. The minimum absolute atomic E-state index is 0.0646. The lowest BCUT2D eigenvalue weighted by atomic mass is 9.36. The molecule has 32 heavy (non-hydrogen) atoms. The van der Waals surface area contributed by atoms with Crippen molar-refractivity contribution in [3.8, 4) is 23.1 Å². The number of ether oxygens (including phenoxy) is 1. The normalized spacial score (nSPS) is 30.2. The van der Waals surface area contributed by atoms with Crippen LogP contribution in [0.4, 0.5) is 0 Å². The summed E-state index contributed by atoms with van der Waals surface area (Å²) >= 11 is 0. The number of aromatic nitrogens is 1. The predicted molar refractivity (Wildman–Crippen MR) is 120 cm³/mol. The van der Waals surface area contributed by atoms with E-state index in [1.54, 1.807) is 12.3 Å². The number of carbonyl (C=O) groups is 1. The SMILES string of the molecule is CC(=O)c1cn2c(cc1=O)-c1ccc(OCC34CC(C#N)(C3)C4)cc1[C@H]1CCC(C)(C)N12. The largest absolute Gasteiger partial charge is 0.493 e. The summed E-state index contributed by atoms with van der Waals surface area (Å²) < 4.78 is 8.26. The molecule has 1 saturated heterocycles. The van der Waals surface area contributed by atoms with Crippen LogP contribution in [0.2, 0.25) is 0 Å². The summed E-state index contributed by atoms with van der Waals surface area (Å²) in [6.07, 6.45) is 6.62. The van der Waals surface area contributed by atoms with Crippen molar-refractivity contribution in [2.24, 2.45) is 10.8 Å². The van der Waals surface area contributed by atoms with Crippen LogP contribution in [0.25, 0.3) is 11.3 Å². The molecule has 0 N–H and O–H groups in total. The third-order valence-electron chi connectivity index (χ3n) is 8.17. The number of rotatable bonds is 4. The molecule has 2 aliphatic heterocycles. The number of ketones is 1. The summed E-state index contributed by atoms with van der Waals surface area (Å²) in [7, 11) is 0. The van der Waals surface area contributed by atoms with Crippen LogP contribution in [0, 0.1) is 22.2 Å². The van der Waals surface area contributed by atoms with E-state index in [9.17, 15) is 14.9 Å². The molecule has 1 aromatic carbocycles. The molecule has 0 amide bonds. The van der Waals surface area contributed by atoms with E-state index in [1.165, 1.54) is 12.5 Å². The maximum absolute atomic E-state index is 12.7. The predicted octanol–water partition coefficient (Wildman–Crippen LogP) is 4.36. The molecule has 5 aliphatic rings. The molecule has 2 aromatic rings. The third kappa shape index (κ3) is 2.51. The Bertz CT molecular complexity index is 1260. The zero-order valence-electron chi connectivity index (χ0n) is 18.8.